The fourth-order valence-corrected chi connectivity index (χ4v) is 2.95. The number of amides is 1. The van der Waals surface area contributed by atoms with Crippen molar-refractivity contribution in [1.29, 1.82) is 0 Å². The third-order valence-corrected chi connectivity index (χ3v) is 4.94. The number of hydrogen-bond donors (Lipinski definition) is 2. The number of para-hydroxylation sites is 1. The Labute approximate surface area is 152 Å². The summed E-state index contributed by atoms with van der Waals surface area (Å²) in [6, 6.07) is 8.00. The van der Waals surface area contributed by atoms with E-state index in [0.29, 0.717) is 5.92 Å². The van der Waals surface area contributed by atoms with E-state index in [1.807, 2.05) is 18.2 Å². The topological polar surface area (TPSA) is 50.4 Å². The van der Waals surface area contributed by atoms with Crippen LogP contribution in [0.25, 0.3) is 0 Å². The summed E-state index contributed by atoms with van der Waals surface area (Å²) >= 11 is 0. The largest absolute Gasteiger partial charge is 0.483 e. The first-order chi connectivity index (χ1) is 11.0. The molecule has 1 atom stereocenters. The Bertz CT molecular complexity index is 516. The predicted molar refractivity (Wildman–Crippen MR) is 101 cm³/mol. The molecule has 2 rings (SSSR count). The average molecular weight is 355 g/mol. The summed E-state index contributed by atoms with van der Waals surface area (Å²) < 4.78 is 5.77. The van der Waals surface area contributed by atoms with E-state index in [1.165, 1.54) is 5.56 Å². The molecule has 0 aliphatic carbocycles. The van der Waals surface area contributed by atoms with Crippen LogP contribution in [0.4, 0.5) is 0 Å². The van der Waals surface area contributed by atoms with Crippen molar-refractivity contribution in [1.82, 2.24) is 10.6 Å². The minimum absolute atomic E-state index is 0. The number of rotatable bonds is 7. The molecule has 1 fully saturated rings. The fraction of sp³-hybridized carbons (Fsp3) is 0.632. The van der Waals surface area contributed by atoms with E-state index in [1.54, 1.807) is 0 Å². The number of carbonyl (C=O) groups excluding carboxylic acids is 1. The van der Waals surface area contributed by atoms with E-state index in [4.69, 9.17) is 4.74 Å². The first kappa shape index (κ1) is 20.8. The second kappa shape index (κ2) is 9.90. The first-order valence-corrected chi connectivity index (χ1v) is 8.73. The van der Waals surface area contributed by atoms with E-state index in [-0.39, 0.29) is 30.3 Å². The summed E-state index contributed by atoms with van der Waals surface area (Å²) in [5.41, 5.74) is 1.38. The molecule has 136 valence electrons. The maximum atomic E-state index is 12.1. The lowest BCUT2D eigenvalue weighted by Crippen LogP contribution is -2.43. The highest BCUT2D eigenvalue weighted by Gasteiger charge is 2.27. The van der Waals surface area contributed by atoms with E-state index in [0.717, 1.165) is 44.6 Å². The lowest BCUT2D eigenvalue weighted by atomic mass is 9.81. The van der Waals surface area contributed by atoms with E-state index in [2.05, 4.69) is 37.5 Å². The van der Waals surface area contributed by atoms with Gasteiger partial charge in [-0.15, -0.1) is 12.4 Å². The molecule has 1 aliphatic rings. The molecule has 24 heavy (non-hydrogen) atoms. The van der Waals surface area contributed by atoms with Crippen LogP contribution in [0, 0.1) is 5.41 Å². The van der Waals surface area contributed by atoms with Crippen molar-refractivity contribution in [2.24, 2.45) is 5.41 Å². The summed E-state index contributed by atoms with van der Waals surface area (Å²) in [6.45, 7) is 9.46. The van der Waals surface area contributed by atoms with Gasteiger partial charge in [-0.05, 0) is 55.3 Å². The molecule has 5 heteroatoms. The van der Waals surface area contributed by atoms with Gasteiger partial charge < -0.3 is 15.4 Å². The maximum Gasteiger partial charge on any atom is 0.257 e. The van der Waals surface area contributed by atoms with Gasteiger partial charge in [0.1, 0.15) is 5.75 Å². The van der Waals surface area contributed by atoms with E-state index >= 15 is 0 Å². The van der Waals surface area contributed by atoms with Crippen LogP contribution >= 0.6 is 12.4 Å². The minimum atomic E-state index is -0.0382. The van der Waals surface area contributed by atoms with Gasteiger partial charge >= 0.3 is 0 Å². The summed E-state index contributed by atoms with van der Waals surface area (Å²) in [4.78, 5) is 12.1. The highest BCUT2D eigenvalue weighted by atomic mass is 35.5. The van der Waals surface area contributed by atoms with Crippen molar-refractivity contribution >= 4 is 18.3 Å². The Hall–Kier alpha value is -1.26. The number of piperidine rings is 1. The lowest BCUT2D eigenvalue weighted by molar-refractivity contribution is -0.123. The summed E-state index contributed by atoms with van der Waals surface area (Å²) in [5, 5.41) is 6.39. The zero-order valence-corrected chi connectivity index (χ0v) is 15.9. The van der Waals surface area contributed by atoms with Gasteiger partial charge in [0, 0.05) is 6.54 Å². The second-order valence-corrected chi connectivity index (χ2v) is 6.97. The van der Waals surface area contributed by atoms with Gasteiger partial charge in [0.05, 0.1) is 0 Å². The maximum absolute atomic E-state index is 12.1. The SMILES string of the molecule is CCC(C)c1ccccc1OCC(=O)NCC1(C)CCNCC1.Cl. The standard InChI is InChI=1S/C19H30N2O2.ClH/c1-4-15(2)16-7-5-6-8-17(16)23-13-18(22)21-14-19(3)9-11-20-12-10-19;/h5-8,15,20H,4,9-14H2,1-3H3,(H,21,22);1H. The van der Waals surface area contributed by atoms with Crippen molar-refractivity contribution in [2.75, 3.05) is 26.2 Å². The van der Waals surface area contributed by atoms with Crippen LogP contribution in [0.3, 0.4) is 0 Å². The molecule has 1 aliphatic heterocycles. The zero-order valence-electron chi connectivity index (χ0n) is 15.1. The zero-order chi connectivity index (χ0) is 16.7. The highest BCUT2D eigenvalue weighted by Crippen LogP contribution is 2.28. The van der Waals surface area contributed by atoms with Crippen LogP contribution < -0.4 is 15.4 Å². The molecule has 1 aromatic rings. The number of hydrogen-bond acceptors (Lipinski definition) is 3. The quantitative estimate of drug-likeness (QED) is 0.787. The summed E-state index contributed by atoms with van der Waals surface area (Å²) in [7, 11) is 0. The van der Waals surface area contributed by atoms with Crippen molar-refractivity contribution in [3.63, 3.8) is 0 Å². The number of benzene rings is 1. The van der Waals surface area contributed by atoms with Gasteiger partial charge in [-0.25, -0.2) is 0 Å². The monoisotopic (exact) mass is 354 g/mol. The molecular formula is C19H31ClN2O2. The predicted octanol–water partition coefficient (Wildman–Crippen LogP) is 3.51. The average Bonchev–Trinajstić information content (AvgIpc) is 2.58. The van der Waals surface area contributed by atoms with Crippen LogP contribution in [-0.4, -0.2) is 32.1 Å². The molecule has 1 amide bonds. The Morgan fingerprint density at radius 3 is 2.67 bits per heavy atom. The van der Waals surface area contributed by atoms with Crippen LogP contribution in [0.2, 0.25) is 0 Å². The smallest absolute Gasteiger partial charge is 0.257 e. The molecule has 1 saturated heterocycles. The number of nitrogens with one attached hydrogen (secondary N) is 2. The molecule has 0 spiro atoms. The van der Waals surface area contributed by atoms with Crippen LogP contribution in [0.5, 0.6) is 5.75 Å². The molecule has 1 heterocycles. The molecule has 1 unspecified atom stereocenters. The Morgan fingerprint density at radius 1 is 1.33 bits per heavy atom. The van der Waals surface area contributed by atoms with Crippen LogP contribution in [0.15, 0.2) is 24.3 Å². The van der Waals surface area contributed by atoms with Crippen molar-refractivity contribution in [3.05, 3.63) is 29.8 Å². The van der Waals surface area contributed by atoms with Gasteiger partial charge in [-0.2, -0.15) is 0 Å². The highest BCUT2D eigenvalue weighted by molar-refractivity contribution is 5.85. The van der Waals surface area contributed by atoms with Crippen LogP contribution in [-0.2, 0) is 4.79 Å². The van der Waals surface area contributed by atoms with Gasteiger partial charge in [-0.3, -0.25) is 4.79 Å². The van der Waals surface area contributed by atoms with Gasteiger partial charge in [0.25, 0.3) is 5.91 Å². The summed E-state index contributed by atoms with van der Waals surface area (Å²) in [6.07, 6.45) is 3.26. The lowest BCUT2D eigenvalue weighted by Gasteiger charge is -2.34. The molecule has 0 aromatic heterocycles. The number of halogens is 1. The Balaban J connectivity index is 0.00000288. The molecule has 0 bridgehead atoms. The normalized spacial score (nSPS) is 17.5. The van der Waals surface area contributed by atoms with E-state index < -0.39 is 0 Å². The first-order valence-electron chi connectivity index (χ1n) is 8.73. The molecule has 1 aromatic carbocycles. The Morgan fingerprint density at radius 2 is 2.00 bits per heavy atom. The van der Waals surface area contributed by atoms with Crippen molar-refractivity contribution < 1.29 is 9.53 Å². The van der Waals surface area contributed by atoms with Crippen molar-refractivity contribution in [3.8, 4) is 5.75 Å². The van der Waals surface area contributed by atoms with Crippen molar-refractivity contribution in [2.45, 2.75) is 46.0 Å². The van der Waals surface area contributed by atoms with E-state index in [9.17, 15) is 4.79 Å². The second-order valence-electron chi connectivity index (χ2n) is 6.97. The molecule has 4 nitrogen and oxygen atoms in total. The number of ether oxygens (including phenoxy) is 1. The molecule has 0 saturated carbocycles. The third-order valence-electron chi connectivity index (χ3n) is 4.94. The van der Waals surface area contributed by atoms with Gasteiger partial charge in [-0.1, -0.05) is 39.0 Å². The van der Waals surface area contributed by atoms with Crippen LogP contribution in [0.1, 0.15) is 51.5 Å². The molecule has 2 N–H and O–H groups in total. The molecule has 0 radical (unpaired) electrons. The fourth-order valence-electron chi connectivity index (χ4n) is 2.95. The summed E-state index contributed by atoms with van der Waals surface area (Å²) in [5.74, 6) is 1.22. The number of carbonyl (C=O) groups is 1. The Kier molecular flexibility index (Phi) is 8.57. The third kappa shape index (κ3) is 5.99. The molecular weight excluding hydrogens is 324 g/mol. The van der Waals surface area contributed by atoms with Gasteiger partial charge in [0.2, 0.25) is 0 Å². The minimum Gasteiger partial charge on any atom is -0.483 e. The van der Waals surface area contributed by atoms with Gasteiger partial charge in [0.15, 0.2) is 6.61 Å².